The molecule has 0 aromatic rings. The van der Waals surface area contributed by atoms with Crippen LogP contribution in [0.3, 0.4) is 0 Å². The molecule has 0 saturated heterocycles. The summed E-state index contributed by atoms with van der Waals surface area (Å²) in [5, 5.41) is 10.5. The summed E-state index contributed by atoms with van der Waals surface area (Å²) in [7, 11) is 0. The van der Waals surface area contributed by atoms with Crippen molar-refractivity contribution < 1.29 is 14.3 Å². The fourth-order valence-corrected chi connectivity index (χ4v) is 0.437. The average molecular weight is 224 g/mol. The van der Waals surface area contributed by atoms with E-state index in [-0.39, 0.29) is 0 Å². The van der Waals surface area contributed by atoms with Gasteiger partial charge >= 0.3 is 0 Å². The van der Waals surface area contributed by atoms with Gasteiger partial charge < -0.3 is 10.4 Å². The fourth-order valence-electron chi connectivity index (χ4n) is 0.273. The molecule has 0 aromatic heterocycles. The summed E-state index contributed by atoms with van der Waals surface area (Å²) in [5.74, 6) is -1.04. The van der Waals surface area contributed by atoms with Crippen molar-refractivity contribution in [1.29, 1.82) is 0 Å². The summed E-state index contributed by atoms with van der Waals surface area (Å²) in [4.78, 5) is 10.2. The van der Waals surface area contributed by atoms with Crippen molar-refractivity contribution in [2.24, 2.45) is 0 Å². The maximum absolute atomic E-state index is 11.5. The van der Waals surface area contributed by atoms with Gasteiger partial charge in [-0.2, -0.15) is 0 Å². The van der Waals surface area contributed by atoms with E-state index in [0.29, 0.717) is 0 Å². The molecule has 0 aliphatic rings. The number of hydrogen-bond acceptors (Lipinski definition) is 2. The maximum atomic E-state index is 11.5. The van der Waals surface area contributed by atoms with Crippen LogP contribution in [0.1, 0.15) is 0 Å². The normalized spacial score (nSPS) is 14.3. The largest absolute Gasteiger partial charge is 0.369 e. The van der Waals surface area contributed by atoms with Crippen molar-refractivity contribution in [3.05, 3.63) is 0 Å². The highest BCUT2D eigenvalue weighted by molar-refractivity contribution is 6.68. The monoisotopic (exact) mass is 223 g/mol. The Hall–Kier alpha value is 0.230. The van der Waals surface area contributed by atoms with E-state index < -0.39 is 22.6 Å². The minimum Gasteiger partial charge on any atom is -0.369 e. The van der Waals surface area contributed by atoms with Crippen LogP contribution >= 0.6 is 34.8 Å². The SMILES string of the molecule is O=C(CF)NC(O)C(Cl)(Cl)Cl. The van der Waals surface area contributed by atoms with Crippen molar-refractivity contribution in [3.8, 4) is 0 Å². The Morgan fingerprint density at radius 2 is 2.09 bits per heavy atom. The van der Waals surface area contributed by atoms with Gasteiger partial charge in [-0.25, -0.2) is 4.39 Å². The van der Waals surface area contributed by atoms with Crippen LogP contribution < -0.4 is 5.32 Å². The minimum atomic E-state index is -2.04. The number of aliphatic hydroxyl groups excluding tert-OH is 1. The van der Waals surface area contributed by atoms with Crippen LogP contribution in [0.5, 0.6) is 0 Å². The van der Waals surface area contributed by atoms with E-state index in [1.807, 2.05) is 0 Å². The minimum absolute atomic E-state index is 1.04. The van der Waals surface area contributed by atoms with Gasteiger partial charge in [0.2, 0.25) is 3.79 Å². The average Bonchev–Trinajstić information content (AvgIpc) is 1.85. The molecule has 0 saturated carbocycles. The van der Waals surface area contributed by atoms with Crippen LogP contribution in [0.2, 0.25) is 0 Å². The molecule has 1 amide bonds. The molecule has 0 rings (SSSR count). The first-order chi connectivity index (χ1) is 4.88. The highest BCUT2D eigenvalue weighted by atomic mass is 35.6. The molecule has 11 heavy (non-hydrogen) atoms. The molecular weight excluding hydrogens is 219 g/mol. The van der Waals surface area contributed by atoms with E-state index in [4.69, 9.17) is 39.9 Å². The van der Waals surface area contributed by atoms with Crippen LogP contribution in [0.4, 0.5) is 4.39 Å². The zero-order valence-corrected chi connectivity index (χ0v) is 7.42. The summed E-state index contributed by atoms with van der Waals surface area (Å²) in [6, 6.07) is 0. The molecule has 0 heterocycles. The molecule has 0 aliphatic carbocycles. The molecule has 3 nitrogen and oxygen atoms in total. The fraction of sp³-hybridized carbons (Fsp3) is 0.750. The standard InChI is InChI=1S/C4H5Cl3FNO2/c5-4(6,7)3(11)9-2(10)1-8/h3,11H,1H2,(H,9,10). The smallest absolute Gasteiger partial charge is 0.253 e. The number of amides is 1. The second-order valence-corrected chi connectivity index (χ2v) is 4.01. The van der Waals surface area contributed by atoms with Gasteiger partial charge in [0, 0.05) is 0 Å². The van der Waals surface area contributed by atoms with E-state index in [0.717, 1.165) is 0 Å². The third kappa shape index (κ3) is 4.63. The highest BCUT2D eigenvalue weighted by Gasteiger charge is 2.31. The molecule has 0 fully saturated rings. The number of carbonyl (C=O) groups is 1. The Kier molecular flexibility index (Phi) is 4.39. The molecule has 1 unspecified atom stereocenters. The van der Waals surface area contributed by atoms with Gasteiger partial charge in [0.15, 0.2) is 12.9 Å². The summed E-state index contributed by atoms with van der Waals surface area (Å²) < 4.78 is 9.45. The summed E-state index contributed by atoms with van der Waals surface area (Å²) >= 11 is 15.4. The number of carbonyl (C=O) groups excluding carboxylic acids is 1. The van der Waals surface area contributed by atoms with Crippen molar-refractivity contribution >= 4 is 40.7 Å². The van der Waals surface area contributed by atoms with Crippen LogP contribution in [-0.2, 0) is 4.79 Å². The lowest BCUT2D eigenvalue weighted by atomic mass is 10.5. The Labute approximate surface area is 77.4 Å². The summed E-state index contributed by atoms with van der Waals surface area (Å²) in [6.45, 7) is -1.27. The van der Waals surface area contributed by atoms with Gasteiger partial charge in [0.25, 0.3) is 5.91 Å². The van der Waals surface area contributed by atoms with Crippen LogP contribution in [0, 0.1) is 0 Å². The van der Waals surface area contributed by atoms with E-state index in [1.54, 1.807) is 5.32 Å². The molecule has 1 atom stereocenters. The van der Waals surface area contributed by atoms with Crippen LogP contribution in [-0.4, -0.2) is 27.7 Å². The molecule has 0 radical (unpaired) electrons. The van der Waals surface area contributed by atoms with Gasteiger partial charge in [-0.15, -0.1) is 0 Å². The second-order valence-electron chi connectivity index (χ2n) is 1.65. The first kappa shape index (κ1) is 11.2. The number of halogens is 4. The summed E-state index contributed by atoms with van der Waals surface area (Å²) in [5.41, 5.74) is 0. The third-order valence-corrected chi connectivity index (χ3v) is 1.35. The third-order valence-electron chi connectivity index (χ3n) is 0.729. The predicted molar refractivity (Wildman–Crippen MR) is 40.4 cm³/mol. The lowest BCUT2D eigenvalue weighted by Gasteiger charge is -2.18. The molecule has 0 spiro atoms. The first-order valence-electron chi connectivity index (χ1n) is 2.48. The van der Waals surface area contributed by atoms with E-state index >= 15 is 0 Å². The van der Waals surface area contributed by atoms with Crippen molar-refractivity contribution in [1.82, 2.24) is 5.32 Å². The molecular formula is C4H5Cl3FNO2. The van der Waals surface area contributed by atoms with Crippen LogP contribution in [0.25, 0.3) is 0 Å². The highest BCUT2D eigenvalue weighted by Crippen LogP contribution is 2.28. The molecule has 0 aliphatic heterocycles. The Balaban J connectivity index is 3.87. The lowest BCUT2D eigenvalue weighted by molar-refractivity contribution is -0.124. The number of alkyl halides is 4. The van der Waals surface area contributed by atoms with Crippen LogP contribution in [0.15, 0.2) is 0 Å². The number of hydrogen-bond donors (Lipinski definition) is 2. The van der Waals surface area contributed by atoms with E-state index in [1.165, 1.54) is 0 Å². The Morgan fingerprint density at radius 3 is 2.36 bits per heavy atom. The topological polar surface area (TPSA) is 49.3 Å². The number of rotatable bonds is 2. The molecule has 7 heteroatoms. The van der Waals surface area contributed by atoms with Crippen molar-refractivity contribution in [2.45, 2.75) is 10.0 Å². The van der Waals surface area contributed by atoms with E-state index in [2.05, 4.69) is 0 Å². The Morgan fingerprint density at radius 1 is 1.64 bits per heavy atom. The van der Waals surface area contributed by atoms with Gasteiger partial charge in [-0.1, -0.05) is 34.8 Å². The number of nitrogens with one attached hydrogen (secondary N) is 1. The van der Waals surface area contributed by atoms with Gasteiger partial charge in [0.1, 0.15) is 0 Å². The van der Waals surface area contributed by atoms with Crippen molar-refractivity contribution in [3.63, 3.8) is 0 Å². The molecule has 0 bridgehead atoms. The van der Waals surface area contributed by atoms with Gasteiger partial charge in [-0.05, 0) is 0 Å². The first-order valence-corrected chi connectivity index (χ1v) is 3.61. The van der Waals surface area contributed by atoms with Crippen molar-refractivity contribution in [2.75, 3.05) is 6.67 Å². The second kappa shape index (κ2) is 4.30. The molecule has 2 N–H and O–H groups in total. The lowest BCUT2D eigenvalue weighted by Crippen LogP contribution is -2.44. The van der Waals surface area contributed by atoms with E-state index in [9.17, 15) is 9.18 Å². The van der Waals surface area contributed by atoms with Gasteiger partial charge in [-0.3, -0.25) is 4.79 Å². The summed E-state index contributed by atoms with van der Waals surface area (Å²) in [6.07, 6.45) is -1.70. The Bertz CT molecular complexity index is 149. The number of aliphatic hydroxyl groups is 1. The zero-order chi connectivity index (χ0) is 9.07. The molecule has 0 aromatic carbocycles. The molecule has 66 valence electrons. The van der Waals surface area contributed by atoms with Gasteiger partial charge in [0.05, 0.1) is 0 Å². The predicted octanol–water partition coefficient (Wildman–Crippen LogP) is 0.761. The maximum Gasteiger partial charge on any atom is 0.253 e. The zero-order valence-electron chi connectivity index (χ0n) is 5.15. The quantitative estimate of drug-likeness (QED) is 0.537.